The molecule has 3 aliphatic rings. The lowest BCUT2D eigenvalue weighted by Crippen LogP contribution is -2.69. The lowest BCUT2D eigenvalue weighted by Gasteiger charge is -2.46. The number of carbonyl (C=O) groups is 2. The molecule has 0 spiro atoms. The number of carbonyl (C=O) groups excluding carboxylic acids is 2. The maximum absolute atomic E-state index is 13.0. The number of hydrogen-bond acceptors (Lipinski definition) is 3. The van der Waals surface area contributed by atoms with E-state index in [0.717, 1.165) is 19.3 Å². The first-order valence-corrected chi connectivity index (χ1v) is 8.11. The fraction of sp³-hybridized carbons (Fsp3) is 0.875. The van der Waals surface area contributed by atoms with Crippen molar-refractivity contribution in [1.82, 2.24) is 10.2 Å². The molecule has 5 heteroatoms. The van der Waals surface area contributed by atoms with E-state index in [1.54, 1.807) is 0 Å². The van der Waals surface area contributed by atoms with Gasteiger partial charge in [0.15, 0.2) is 0 Å². The molecule has 1 N–H and O–H groups in total. The Kier molecular flexibility index (Phi) is 3.51. The molecule has 0 aliphatic carbocycles. The van der Waals surface area contributed by atoms with Gasteiger partial charge in [-0.1, -0.05) is 27.7 Å². The van der Waals surface area contributed by atoms with Crippen LogP contribution in [0, 0.1) is 5.41 Å². The fourth-order valence-electron chi connectivity index (χ4n) is 4.00. The molecule has 0 aromatic heterocycles. The molecule has 5 unspecified atom stereocenters. The number of hydrogen-bond donors (Lipinski definition) is 1. The van der Waals surface area contributed by atoms with Crippen molar-refractivity contribution in [2.75, 3.05) is 0 Å². The molecule has 0 saturated carbocycles. The second kappa shape index (κ2) is 4.97. The summed E-state index contributed by atoms with van der Waals surface area (Å²) in [7, 11) is 0. The highest BCUT2D eigenvalue weighted by Gasteiger charge is 2.52. The summed E-state index contributed by atoms with van der Waals surface area (Å²) in [6.07, 6.45) is 4.05. The molecule has 118 valence electrons. The van der Waals surface area contributed by atoms with E-state index in [2.05, 4.69) is 5.32 Å². The molecule has 3 saturated heterocycles. The average Bonchev–Trinajstić information content (AvgIpc) is 3.01. The quantitative estimate of drug-likeness (QED) is 0.839. The zero-order valence-corrected chi connectivity index (χ0v) is 13.4. The van der Waals surface area contributed by atoms with Crippen molar-refractivity contribution in [3.8, 4) is 0 Å². The van der Waals surface area contributed by atoms with Gasteiger partial charge in [-0.15, -0.1) is 0 Å². The van der Waals surface area contributed by atoms with E-state index in [-0.39, 0.29) is 41.5 Å². The van der Waals surface area contributed by atoms with Gasteiger partial charge in [0.05, 0.1) is 18.2 Å². The van der Waals surface area contributed by atoms with Crippen LogP contribution in [0.4, 0.5) is 0 Å². The van der Waals surface area contributed by atoms with Crippen LogP contribution in [0.3, 0.4) is 0 Å². The molecular formula is C16H26N2O3. The average molecular weight is 294 g/mol. The van der Waals surface area contributed by atoms with Gasteiger partial charge in [-0.2, -0.15) is 0 Å². The highest BCUT2D eigenvalue weighted by molar-refractivity contribution is 5.97. The van der Waals surface area contributed by atoms with E-state index in [4.69, 9.17) is 4.74 Å². The van der Waals surface area contributed by atoms with E-state index in [9.17, 15) is 9.59 Å². The van der Waals surface area contributed by atoms with E-state index >= 15 is 0 Å². The normalized spacial score (nSPS) is 39.8. The smallest absolute Gasteiger partial charge is 0.246 e. The van der Waals surface area contributed by atoms with Gasteiger partial charge in [-0.25, -0.2) is 0 Å². The molecule has 21 heavy (non-hydrogen) atoms. The second-order valence-electron chi connectivity index (χ2n) is 7.65. The minimum absolute atomic E-state index is 0.0141. The van der Waals surface area contributed by atoms with Crippen molar-refractivity contribution >= 4 is 11.8 Å². The summed E-state index contributed by atoms with van der Waals surface area (Å²) >= 11 is 0. The largest absolute Gasteiger partial charge is 0.373 e. The third-order valence-electron chi connectivity index (χ3n) is 5.11. The Morgan fingerprint density at radius 1 is 1.29 bits per heavy atom. The number of piperazine rings is 1. The third-order valence-corrected chi connectivity index (χ3v) is 5.11. The molecule has 3 aliphatic heterocycles. The lowest BCUT2D eigenvalue weighted by molar-refractivity contribution is -0.156. The minimum Gasteiger partial charge on any atom is -0.373 e. The molecule has 3 rings (SSSR count). The maximum atomic E-state index is 13.0. The van der Waals surface area contributed by atoms with Crippen molar-refractivity contribution in [1.29, 1.82) is 0 Å². The Morgan fingerprint density at radius 3 is 2.48 bits per heavy atom. The van der Waals surface area contributed by atoms with Gasteiger partial charge < -0.3 is 15.0 Å². The number of nitrogens with zero attached hydrogens (tertiary/aromatic N) is 1. The van der Waals surface area contributed by atoms with Crippen LogP contribution in [0.25, 0.3) is 0 Å². The molecule has 2 bridgehead atoms. The second-order valence-corrected chi connectivity index (χ2v) is 7.65. The summed E-state index contributed by atoms with van der Waals surface area (Å²) in [5, 5.41) is 2.93. The van der Waals surface area contributed by atoms with Crippen LogP contribution < -0.4 is 5.32 Å². The van der Waals surface area contributed by atoms with Crippen molar-refractivity contribution in [3.63, 3.8) is 0 Å². The van der Waals surface area contributed by atoms with E-state index in [1.807, 2.05) is 32.6 Å². The zero-order valence-electron chi connectivity index (χ0n) is 13.4. The van der Waals surface area contributed by atoms with Crippen molar-refractivity contribution in [3.05, 3.63) is 0 Å². The van der Waals surface area contributed by atoms with Gasteiger partial charge in [0.25, 0.3) is 0 Å². The minimum atomic E-state index is -0.438. The molecular weight excluding hydrogens is 268 g/mol. The SMILES string of the molecule is CCC1C(=O)NC(C(C)(C)C)C(=O)N1C1CC2CCC1O2. The highest BCUT2D eigenvalue weighted by atomic mass is 16.5. The Balaban J connectivity index is 1.90. The molecule has 5 nitrogen and oxygen atoms in total. The van der Waals surface area contributed by atoms with Crippen LogP contribution in [-0.2, 0) is 14.3 Å². The van der Waals surface area contributed by atoms with Crippen molar-refractivity contribution < 1.29 is 14.3 Å². The number of rotatable bonds is 2. The molecule has 0 aromatic carbocycles. The predicted octanol–water partition coefficient (Wildman–Crippen LogP) is 1.46. The van der Waals surface area contributed by atoms with Crippen LogP contribution in [0.15, 0.2) is 0 Å². The zero-order chi connectivity index (χ0) is 15.4. The van der Waals surface area contributed by atoms with Crippen molar-refractivity contribution in [2.45, 2.75) is 83.7 Å². The van der Waals surface area contributed by atoms with Gasteiger partial charge in [0.2, 0.25) is 11.8 Å². The predicted molar refractivity (Wildman–Crippen MR) is 78.6 cm³/mol. The lowest BCUT2D eigenvalue weighted by atomic mass is 9.82. The first-order chi connectivity index (χ1) is 9.82. The Bertz CT molecular complexity index is 457. The summed E-state index contributed by atoms with van der Waals surface area (Å²) in [6, 6.07) is -0.701. The Hall–Kier alpha value is -1.10. The Morgan fingerprint density at radius 2 is 2.00 bits per heavy atom. The molecule has 3 heterocycles. The fourth-order valence-corrected chi connectivity index (χ4v) is 4.00. The highest BCUT2D eigenvalue weighted by Crippen LogP contribution is 2.40. The van der Waals surface area contributed by atoms with E-state index < -0.39 is 6.04 Å². The molecule has 0 aromatic rings. The number of nitrogens with one attached hydrogen (secondary N) is 1. The van der Waals surface area contributed by atoms with Crippen LogP contribution >= 0.6 is 0 Å². The topological polar surface area (TPSA) is 58.6 Å². The summed E-state index contributed by atoms with van der Waals surface area (Å²) in [6.45, 7) is 7.96. The van der Waals surface area contributed by atoms with Gasteiger partial charge in [-0.3, -0.25) is 9.59 Å². The number of fused-ring (bicyclic) bond motifs is 2. The monoisotopic (exact) mass is 294 g/mol. The van der Waals surface area contributed by atoms with Gasteiger partial charge in [-0.05, 0) is 31.1 Å². The summed E-state index contributed by atoms with van der Waals surface area (Å²) in [5.74, 6) is 0.0508. The van der Waals surface area contributed by atoms with Crippen LogP contribution in [-0.4, -0.2) is 47.0 Å². The van der Waals surface area contributed by atoms with E-state index in [0.29, 0.717) is 6.42 Å². The van der Waals surface area contributed by atoms with E-state index in [1.165, 1.54) is 0 Å². The van der Waals surface area contributed by atoms with Crippen LogP contribution in [0.5, 0.6) is 0 Å². The molecule has 5 atom stereocenters. The standard InChI is InChI=1S/C16H26N2O3/c1-5-10-14(19)17-13(16(2,3)4)15(20)18(10)11-8-9-6-7-12(11)21-9/h9-13H,5-8H2,1-4H3,(H,17,19). The van der Waals surface area contributed by atoms with Crippen LogP contribution in [0.1, 0.15) is 53.4 Å². The van der Waals surface area contributed by atoms with Gasteiger partial charge in [0.1, 0.15) is 12.1 Å². The van der Waals surface area contributed by atoms with Gasteiger partial charge in [0, 0.05) is 0 Å². The van der Waals surface area contributed by atoms with Crippen LogP contribution in [0.2, 0.25) is 0 Å². The molecule has 3 fully saturated rings. The number of amides is 2. The first-order valence-electron chi connectivity index (χ1n) is 8.11. The number of ether oxygens (including phenoxy) is 1. The summed E-state index contributed by atoms with van der Waals surface area (Å²) in [5.41, 5.74) is -0.276. The van der Waals surface area contributed by atoms with Crippen molar-refractivity contribution in [2.24, 2.45) is 5.41 Å². The van der Waals surface area contributed by atoms with Gasteiger partial charge >= 0.3 is 0 Å². The molecule has 0 radical (unpaired) electrons. The summed E-state index contributed by atoms with van der Waals surface area (Å²) in [4.78, 5) is 27.3. The molecule has 2 amide bonds. The Labute approximate surface area is 126 Å². The summed E-state index contributed by atoms with van der Waals surface area (Å²) < 4.78 is 5.91. The first kappa shape index (κ1) is 14.8. The maximum Gasteiger partial charge on any atom is 0.246 e. The third kappa shape index (κ3) is 2.35.